The Morgan fingerprint density at radius 3 is 2.39 bits per heavy atom. The second-order valence-electron chi connectivity index (χ2n) is 4.65. The van der Waals surface area contributed by atoms with Crippen LogP contribution in [-0.4, -0.2) is 22.8 Å². The summed E-state index contributed by atoms with van der Waals surface area (Å²) < 4.78 is 0. The molecule has 0 aliphatic heterocycles. The normalized spacial score (nSPS) is 14.5. The lowest BCUT2D eigenvalue weighted by atomic mass is 10.1. The van der Waals surface area contributed by atoms with Crippen LogP contribution in [0.3, 0.4) is 0 Å². The minimum atomic E-state index is -0.244. The van der Waals surface area contributed by atoms with E-state index in [1.807, 2.05) is 0 Å². The molecule has 4 nitrogen and oxygen atoms in total. The number of nitrogens with two attached hydrogens (primary N) is 1. The molecule has 1 aromatic rings. The van der Waals surface area contributed by atoms with Crippen LogP contribution in [0, 0.1) is 5.92 Å². The summed E-state index contributed by atoms with van der Waals surface area (Å²) in [6.07, 6.45) is 2.83. The van der Waals surface area contributed by atoms with Gasteiger partial charge in [0.1, 0.15) is 5.75 Å². The van der Waals surface area contributed by atoms with Gasteiger partial charge in [-0.3, -0.25) is 4.84 Å². The molecule has 0 aromatic heterocycles. The first-order valence-electron chi connectivity index (χ1n) is 6.00. The van der Waals surface area contributed by atoms with Crippen molar-refractivity contribution >= 4 is 17.4 Å². The SMILES string of the molecule is CSC(CC(C)C)C(Nc1ccc(O)cc1)ON. The first-order valence-corrected chi connectivity index (χ1v) is 7.29. The first-order chi connectivity index (χ1) is 8.56. The van der Waals surface area contributed by atoms with E-state index in [1.165, 1.54) is 0 Å². The Balaban J connectivity index is 2.67. The van der Waals surface area contributed by atoms with Crippen LogP contribution in [-0.2, 0) is 4.84 Å². The molecule has 0 saturated heterocycles. The molecule has 2 atom stereocenters. The lowest BCUT2D eigenvalue weighted by Gasteiger charge is -2.26. The zero-order valence-electron chi connectivity index (χ0n) is 11.1. The van der Waals surface area contributed by atoms with Crippen molar-refractivity contribution in [2.24, 2.45) is 11.8 Å². The number of phenols is 1. The molecule has 4 N–H and O–H groups in total. The van der Waals surface area contributed by atoms with Crippen molar-refractivity contribution in [3.8, 4) is 5.75 Å². The number of rotatable bonds is 7. The molecule has 0 aliphatic rings. The third kappa shape index (κ3) is 4.76. The minimum Gasteiger partial charge on any atom is -0.508 e. The number of aromatic hydroxyl groups is 1. The van der Waals surface area contributed by atoms with Gasteiger partial charge < -0.3 is 10.4 Å². The average Bonchev–Trinajstić information content (AvgIpc) is 2.35. The van der Waals surface area contributed by atoms with Gasteiger partial charge in [0, 0.05) is 5.69 Å². The Kier molecular flexibility index (Phi) is 6.32. The Bertz CT molecular complexity index is 343. The van der Waals surface area contributed by atoms with Gasteiger partial charge >= 0.3 is 0 Å². The fourth-order valence-corrected chi connectivity index (χ4v) is 2.70. The lowest BCUT2D eigenvalue weighted by Crippen LogP contribution is -2.37. The van der Waals surface area contributed by atoms with Crippen LogP contribution in [0.15, 0.2) is 24.3 Å². The predicted octanol–water partition coefficient (Wildman–Crippen LogP) is 2.80. The number of thioether (sulfide) groups is 1. The molecule has 0 bridgehead atoms. The number of hydrogen-bond acceptors (Lipinski definition) is 5. The molecule has 5 heteroatoms. The van der Waals surface area contributed by atoms with Crippen LogP contribution in [0.2, 0.25) is 0 Å². The summed E-state index contributed by atoms with van der Waals surface area (Å²) >= 11 is 1.74. The zero-order valence-corrected chi connectivity index (χ0v) is 11.9. The van der Waals surface area contributed by atoms with E-state index < -0.39 is 0 Å². The molecule has 2 unspecified atom stereocenters. The van der Waals surface area contributed by atoms with Crippen LogP contribution >= 0.6 is 11.8 Å². The van der Waals surface area contributed by atoms with Crippen LogP contribution in [0.25, 0.3) is 0 Å². The molecular formula is C13H22N2O2S. The average molecular weight is 270 g/mol. The van der Waals surface area contributed by atoms with Gasteiger partial charge in [0.2, 0.25) is 0 Å². The Morgan fingerprint density at radius 2 is 1.94 bits per heavy atom. The monoisotopic (exact) mass is 270 g/mol. The molecule has 0 spiro atoms. The minimum absolute atomic E-state index is 0.244. The highest BCUT2D eigenvalue weighted by Gasteiger charge is 2.22. The highest BCUT2D eigenvalue weighted by Crippen LogP contribution is 2.23. The maximum absolute atomic E-state index is 9.23. The largest absolute Gasteiger partial charge is 0.508 e. The molecule has 102 valence electrons. The van der Waals surface area contributed by atoms with Gasteiger partial charge in [-0.1, -0.05) is 13.8 Å². The van der Waals surface area contributed by atoms with Gasteiger partial charge in [0.15, 0.2) is 6.23 Å². The Hall–Kier alpha value is -0.910. The highest BCUT2D eigenvalue weighted by atomic mass is 32.2. The molecule has 0 heterocycles. The third-order valence-corrected chi connectivity index (χ3v) is 3.71. The molecule has 0 amide bonds. The number of hydrogen-bond donors (Lipinski definition) is 3. The smallest absolute Gasteiger partial charge is 0.160 e. The van der Waals surface area contributed by atoms with E-state index >= 15 is 0 Å². The maximum Gasteiger partial charge on any atom is 0.160 e. The molecule has 1 aromatic carbocycles. The van der Waals surface area contributed by atoms with E-state index in [1.54, 1.807) is 36.0 Å². The molecule has 0 fully saturated rings. The second-order valence-corrected chi connectivity index (χ2v) is 5.73. The van der Waals surface area contributed by atoms with Gasteiger partial charge in [0.05, 0.1) is 5.25 Å². The standard InChI is InChI=1S/C13H22N2O2S/c1-9(2)8-12(18-3)13(17-14)15-10-4-6-11(16)7-5-10/h4-7,9,12-13,15-16H,8,14H2,1-3H3. The first kappa shape index (κ1) is 15.1. The molecule has 0 aliphatic carbocycles. The quantitative estimate of drug-likeness (QED) is 0.404. The zero-order chi connectivity index (χ0) is 13.5. The Labute approximate surface area is 113 Å². The predicted molar refractivity (Wildman–Crippen MR) is 77.5 cm³/mol. The fourth-order valence-electron chi connectivity index (χ4n) is 1.74. The topological polar surface area (TPSA) is 67.5 Å². The van der Waals surface area contributed by atoms with Crippen molar-refractivity contribution in [2.45, 2.75) is 31.7 Å². The summed E-state index contributed by atoms with van der Waals surface area (Å²) in [6, 6.07) is 6.86. The second kappa shape index (κ2) is 7.51. The van der Waals surface area contributed by atoms with Gasteiger partial charge in [-0.25, -0.2) is 5.90 Å². The number of nitrogens with one attached hydrogen (secondary N) is 1. The highest BCUT2D eigenvalue weighted by molar-refractivity contribution is 7.99. The summed E-state index contributed by atoms with van der Waals surface area (Å²) in [5.41, 5.74) is 0.881. The van der Waals surface area contributed by atoms with Gasteiger partial charge in [-0.2, -0.15) is 11.8 Å². The van der Waals surface area contributed by atoms with E-state index in [4.69, 9.17) is 10.7 Å². The maximum atomic E-state index is 9.23. The van der Waals surface area contributed by atoms with Crippen molar-refractivity contribution < 1.29 is 9.94 Å². The molecular weight excluding hydrogens is 248 g/mol. The van der Waals surface area contributed by atoms with E-state index in [0.29, 0.717) is 5.92 Å². The van der Waals surface area contributed by atoms with Crippen LogP contribution in [0.4, 0.5) is 5.69 Å². The van der Waals surface area contributed by atoms with E-state index in [9.17, 15) is 5.11 Å². The fraction of sp³-hybridized carbons (Fsp3) is 0.538. The molecule has 18 heavy (non-hydrogen) atoms. The van der Waals surface area contributed by atoms with E-state index in [0.717, 1.165) is 12.1 Å². The number of phenolic OH excluding ortho intramolecular Hbond substituents is 1. The Morgan fingerprint density at radius 1 is 1.33 bits per heavy atom. The summed E-state index contributed by atoms with van der Waals surface area (Å²) in [7, 11) is 0. The van der Waals surface area contributed by atoms with Crippen LogP contribution in [0.1, 0.15) is 20.3 Å². The lowest BCUT2D eigenvalue weighted by molar-refractivity contribution is 0.0677. The number of anilines is 1. The van der Waals surface area contributed by atoms with Crippen molar-refractivity contribution in [3.63, 3.8) is 0 Å². The number of benzene rings is 1. The third-order valence-electron chi connectivity index (χ3n) is 2.67. The van der Waals surface area contributed by atoms with Crippen molar-refractivity contribution in [2.75, 3.05) is 11.6 Å². The summed E-state index contributed by atoms with van der Waals surface area (Å²) in [5, 5.41) is 12.7. The molecule has 1 rings (SSSR count). The summed E-state index contributed by atoms with van der Waals surface area (Å²) in [5.74, 6) is 6.21. The van der Waals surface area contributed by atoms with Crippen molar-refractivity contribution in [1.82, 2.24) is 0 Å². The molecule has 0 radical (unpaired) electrons. The van der Waals surface area contributed by atoms with E-state index in [-0.39, 0.29) is 17.2 Å². The summed E-state index contributed by atoms with van der Waals surface area (Å²) in [4.78, 5) is 5.04. The van der Waals surface area contributed by atoms with Crippen LogP contribution in [0.5, 0.6) is 5.75 Å². The van der Waals surface area contributed by atoms with Gasteiger partial charge in [-0.15, -0.1) is 0 Å². The van der Waals surface area contributed by atoms with Crippen molar-refractivity contribution in [3.05, 3.63) is 24.3 Å². The van der Waals surface area contributed by atoms with Gasteiger partial charge in [0.25, 0.3) is 0 Å². The summed E-state index contributed by atoms with van der Waals surface area (Å²) in [6.45, 7) is 4.36. The van der Waals surface area contributed by atoms with Crippen LogP contribution < -0.4 is 11.2 Å². The van der Waals surface area contributed by atoms with Gasteiger partial charge in [-0.05, 0) is 42.9 Å². The molecule has 0 saturated carbocycles. The van der Waals surface area contributed by atoms with Crippen molar-refractivity contribution in [1.29, 1.82) is 0 Å². The van der Waals surface area contributed by atoms with E-state index in [2.05, 4.69) is 25.4 Å².